The molecule has 11 aromatic carbocycles. The molecular weight excluding hydrogens is 1350 g/mol. The maximum absolute atomic E-state index is 2.92. The molecule has 6 heteroatoms. The zero-order valence-electron chi connectivity index (χ0n) is 73.1. The summed E-state index contributed by atoms with van der Waals surface area (Å²) in [5, 5.41) is 7.62. The molecule has 0 fully saturated rings. The summed E-state index contributed by atoms with van der Waals surface area (Å²) in [5.74, 6) is 0. The highest BCUT2D eigenvalue weighted by molar-refractivity contribution is 7.06. The molecule has 112 heavy (non-hydrogen) atoms. The van der Waals surface area contributed by atoms with Crippen molar-refractivity contribution in [3.8, 4) is 39.3 Å². The zero-order valence-corrected chi connectivity index (χ0v) is 73.1. The van der Waals surface area contributed by atoms with E-state index in [1.165, 1.54) is 210 Å². The van der Waals surface area contributed by atoms with Crippen LogP contribution in [0.25, 0.3) is 105 Å². The van der Waals surface area contributed by atoms with Gasteiger partial charge in [0.05, 0.1) is 50.2 Å². The summed E-state index contributed by atoms with van der Waals surface area (Å²) in [6.07, 6.45) is 0. The van der Waals surface area contributed by atoms with Crippen LogP contribution >= 0.6 is 0 Å². The van der Waals surface area contributed by atoms with Crippen LogP contribution in [0.1, 0.15) is 263 Å². The van der Waals surface area contributed by atoms with E-state index in [0.29, 0.717) is 0 Å². The van der Waals surface area contributed by atoms with Crippen LogP contribution in [0.4, 0.5) is 17.1 Å². The molecule has 568 valence electrons. The van der Waals surface area contributed by atoms with Gasteiger partial charge >= 0.3 is 0 Å². The van der Waals surface area contributed by atoms with Gasteiger partial charge in [-0.05, 0) is 239 Å². The Balaban J connectivity index is 1.21. The lowest BCUT2D eigenvalue weighted by Gasteiger charge is -2.46. The average Bonchev–Trinajstić information content (AvgIpc) is 1.42. The number of hydrogen-bond donors (Lipinski definition) is 0. The number of nitrogens with zero attached hydrogens (tertiary/aromatic N) is 4. The van der Waals surface area contributed by atoms with Crippen LogP contribution in [0.15, 0.2) is 170 Å². The molecule has 3 aromatic heterocycles. The minimum atomic E-state index is -0.225. The van der Waals surface area contributed by atoms with Crippen LogP contribution in [-0.2, 0) is 54.1 Å². The molecule has 0 aliphatic carbocycles. The minimum Gasteiger partial charge on any atom is -0.312 e. The second-order valence-electron chi connectivity index (χ2n) is 44.8. The highest BCUT2D eigenvalue weighted by atomic mass is 15.2. The quantitative estimate of drug-likeness (QED) is 0.161. The number of rotatable bonds is 3. The first-order chi connectivity index (χ1) is 51.9. The molecule has 0 atom stereocenters. The molecule has 0 unspecified atom stereocenters. The first-order valence-corrected chi connectivity index (χ1v) is 41.9. The Labute approximate surface area is 669 Å². The lowest BCUT2D eigenvalue weighted by atomic mass is 9.31. The molecule has 14 aromatic rings. The van der Waals surface area contributed by atoms with Crippen molar-refractivity contribution in [2.75, 3.05) is 4.90 Å². The fraction of sp³-hybridized carbons (Fsp3) is 0.377. The summed E-state index contributed by atoms with van der Waals surface area (Å²) < 4.78 is 8.55. The molecule has 18 rings (SSSR count). The number of hydrogen-bond acceptors (Lipinski definition) is 1. The molecule has 0 bridgehead atoms. The predicted molar refractivity (Wildman–Crippen MR) is 491 cm³/mol. The van der Waals surface area contributed by atoms with E-state index >= 15 is 0 Å². The summed E-state index contributed by atoms with van der Waals surface area (Å²) in [6, 6.07) is 71.6. The van der Waals surface area contributed by atoms with Crippen LogP contribution < -0.4 is 37.7 Å². The summed E-state index contributed by atoms with van der Waals surface area (Å²) in [4.78, 5) is 2.92. The van der Waals surface area contributed by atoms with Crippen molar-refractivity contribution in [2.24, 2.45) is 0 Å². The van der Waals surface area contributed by atoms with Crippen LogP contribution in [0.2, 0.25) is 0 Å². The van der Waals surface area contributed by atoms with Crippen molar-refractivity contribution in [1.82, 2.24) is 13.7 Å². The number of aromatic nitrogens is 3. The van der Waals surface area contributed by atoms with Crippen molar-refractivity contribution >= 4 is 129 Å². The lowest BCUT2D eigenvalue weighted by molar-refractivity contribution is 0.589. The molecule has 4 aliphatic heterocycles. The third-order valence-corrected chi connectivity index (χ3v) is 26.6. The number of fused-ring (bicyclic) bond motifs is 19. The average molecular weight is 1470 g/mol. The van der Waals surface area contributed by atoms with Gasteiger partial charge in [-0.2, -0.15) is 0 Å². The molecule has 4 nitrogen and oxygen atoms in total. The van der Waals surface area contributed by atoms with E-state index in [0.717, 1.165) is 0 Å². The van der Waals surface area contributed by atoms with Gasteiger partial charge in [-0.15, -0.1) is 0 Å². The minimum absolute atomic E-state index is 0.116. The van der Waals surface area contributed by atoms with Crippen LogP contribution in [-0.4, -0.2) is 27.1 Å². The Morgan fingerprint density at radius 3 is 0.625 bits per heavy atom. The highest BCUT2D eigenvalue weighted by Gasteiger charge is 2.55. The Morgan fingerprint density at radius 1 is 0.188 bits per heavy atom. The van der Waals surface area contributed by atoms with E-state index in [4.69, 9.17) is 0 Å². The predicted octanol–water partition coefficient (Wildman–Crippen LogP) is 25.0. The standard InChI is InChI=1S/C106H118B2N4/c1-97(2,3)59-31-39-79-69(47-59)77-55-67(105(25,26)27)57-87-89(77)107(79)91-93-92(108-80-40-32-60(98(4,5)6)48-70(80)78-56-68(106(28,29)30)58-88(90(78)108)112(87)93)95(110-83-43-35-63(101(13,14)15)51-73(83)74-52-64(102(16,17)18)36-44-84(74)110)96(111-85-45-37-65(103(19,20)21)53-75(85)76-54-66(104(22,23)24)38-46-86(76)111)94(91)109-81-41-33-61(99(7,8)9)49-71(81)72-50-62(100(10,11)12)34-42-82(72)109/h31-58H,1-30H3. The normalized spacial score (nSPS) is 14.6. The van der Waals surface area contributed by atoms with E-state index < -0.39 is 0 Å². The van der Waals surface area contributed by atoms with E-state index in [1.807, 2.05) is 0 Å². The van der Waals surface area contributed by atoms with E-state index in [9.17, 15) is 0 Å². The van der Waals surface area contributed by atoms with E-state index in [1.54, 1.807) is 0 Å². The molecule has 7 heterocycles. The SMILES string of the molecule is CC(C)(C)c1ccc2c(c1)-c1cc(C(C)(C)C)cc3c1B2c1c2c(c(-n4c5ccc(C(C)(C)C)cc5c5cc(C(C)(C)C)ccc54)c(-n4c5ccc(C(C)(C)C)cc5c5cc(C(C)(C)C)ccc54)c1-n1c4ccc(C(C)(C)C)cc4c4cc(C(C)(C)C)ccc41)B1c4ccc(C(C)(C)C)cc4-c4cc(C(C)(C)C)cc(c41)N32. The van der Waals surface area contributed by atoms with Gasteiger partial charge < -0.3 is 18.6 Å². The van der Waals surface area contributed by atoms with Crippen LogP contribution in [0, 0.1) is 0 Å². The zero-order chi connectivity index (χ0) is 80.2. The molecule has 4 aliphatic rings. The fourth-order valence-electron chi connectivity index (χ4n) is 19.6. The van der Waals surface area contributed by atoms with Crippen molar-refractivity contribution in [2.45, 2.75) is 262 Å². The summed E-state index contributed by atoms with van der Waals surface area (Å²) >= 11 is 0. The van der Waals surface area contributed by atoms with Crippen molar-refractivity contribution in [3.05, 3.63) is 225 Å². The second kappa shape index (κ2) is 23.3. The molecule has 0 spiro atoms. The topological polar surface area (TPSA) is 18.0 Å². The molecule has 0 radical (unpaired) electrons. The third kappa shape index (κ3) is 10.9. The van der Waals surface area contributed by atoms with Crippen molar-refractivity contribution in [3.63, 3.8) is 0 Å². The van der Waals surface area contributed by atoms with Crippen molar-refractivity contribution in [1.29, 1.82) is 0 Å². The number of anilines is 3. The van der Waals surface area contributed by atoms with Gasteiger partial charge in [-0.3, -0.25) is 0 Å². The Bertz CT molecular complexity index is 5940. The Hall–Kier alpha value is -9.25. The highest BCUT2D eigenvalue weighted by Crippen LogP contribution is 2.54. The maximum Gasteiger partial charge on any atom is 0.251 e. The first kappa shape index (κ1) is 74.2. The first-order valence-electron chi connectivity index (χ1n) is 41.9. The molecule has 0 saturated heterocycles. The van der Waals surface area contributed by atoms with Gasteiger partial charge in [0.25, 0.3) is 13.4 Å². The lowest BCUT2D eigenvalue weighted by Crippen LogP contribution is -2.64. The molecule has 0 N–H and O–H groups in total. The van der Waals surface area contributed by atoms with Gasteiger partial charge in [-0.25, -0.2) is 0 Å². The van der Waals surface area contributed by atoms with Gasteiger partial charge in [0.15, 0.2) is 0 Å². The van der Waals surface area contributed by atoms with Crippen LogP contribution in [0.5, 0.6) is 0 Å². The molecular formula is C106H118B2N4. The fourth-order valence-corrected chi connectivity index (χ4v) is 19.6. The summed E-state index contributed by atoms with van der Waals surface area (Å²) in [7, 11) is 0. The third-order valence-electron chi connectivity index (χ3n) is 26.6. The van der Waals surface area contributed by atoms with Gasteiger partial charge in [0, 0.05) is 49.4 Å². The van der Waals surface area contributed by atoms with Gasteiger partial charge in [0.1, 0.15) is 0 Å². The monoisotopic (exact) mass is 1470 g/mol. The number of benzene rings is 11. The van der Waals surface area contributed by atoms with Gasteiger partial charge in [-0.1, -0.05) is 304 Å². The Kier molecular flexibility index (Phi) is 15.4. The summed E-state index contributed by atoms with van der Waals surface area (Å²) in [5.41, 5.74) is 40.1. The van der Waals surface area contributed by atoms with E-state index in [-0.39, 0.29) is 67.6 Å². The Morgan fingerprint density at radius 2 is 0.393 bits per heavy atom. The largest absolute Gasteiger partial charge is 0.312 e. The molecule has 0 saturated carbocycles. The second-order valence-corrected chi connectivity index (χ2v) is 44.8. The molecule has 0 amide bonds. The van der Waals surface area contributed by atoms with E-state index in [2.05, 4.69) is 396 Å². The van der Waals surface area contributed by atoms with Crippen LogP contribution in [0.3, 0.4) is 0 Å². The maximum atomic E-state index is 2.92. The summed E-state index contributed by atoms with van der Waals surface area (Å²) in [6.45, 7) is 71.6. The van der Waals surface area contributed by atoms with Crippen molar-refractivity contribution < 1.29 is 0 Å². The van der Waals surface area contributed by atoms with Gasteiger partial charge in [0.2, 0.25) is 0 Å². The smallest absolute Gasteiger partial charge is 0.251 e.